The molecule has 0 radical (unpaired) electrons. The first kappa shape index (κ1) is 18.4. The van der Waals surface area contributed by atoms with Crippen LogP contribution in [0.15, 0.2) is 36.5 Å². The van der Waals surface area contributed by atoms with Crippen LogP contribution < -0.4 is 0 Å². The summed E-state index contributed by atoms with van der Waals surface area (Å²) in [6, 6.07) is 7.67. The van der Waals surface area contributed by atoms with Crippen molar-refractivity contribution in [3.8, 4) is 0 Å². The van der Waals surface area contributed by atoms with Crippen LogP contribution in [-0.4, -0.2) is 49.5 Å². The number of amides is 1. The molecule has 2 aromatic heterocycles. The quantitative estimate of drug-likeness (QED) is 0.635. The number of aryl methyl sites for hydroxylation is 1. The fourth-order valence-corrected chi connectivity index (χ4v) is 2.55. The number of nitrogens with zero attached hydrogens (tertiary/aromatic N) is 5. The van der Waals surface area contributed by atoms with Crippen molar-refractivity contribution in [2.75, 3.05) is 7.05 Å². The van der Waals surface area contributed by atoms with Crippen molar-refractivity contribution in [1.29, 1.82) is 0 Å². The van der Waals surface area contributed by atoms with Gasteiger partial charge in [0.25, 0.3) is 17.5 Å². The van der Waals surface area contributed by atoms with Crippen LogP contribution >= 0.6 is 0 Å². The molecule has 1 aromatic carbocycles. The highest BCUT2D eigenvalue weighted by Crippen LogP contribution is 2.10. The minimum Gasteiger partial charge on any atom is -0.447 e. The van der Waals surface area contributed by atoms with Crippen LogP contribution in [0.5, 0.6) is 0 Å². The fourth-order valence-electron chi connectivity index (χ4n) is 2.55. The van der Waals surface area contributed by atoms with Crippen molar-refractivity contribution in [3.05, 3.63) is 59.4 Å². The zero-order chi connectivity index (χ0) is 19.6. The van der Waals surface area contributed by atoms with E-state index in [1.54, 1.807) is 38.4 Å². The first-order valence-corrected chi connectivity index (χ1v) is 8.24. The van der Waals surface area contributed by atoms with Gasteiger partial charge in [-0.1, -0.05) is 12.1 Å². The van der Waals surface area contributed by atoms with Gasteiger partial charge in [-0.3, -0.25) is 4.79 Å². The van der Waals surface area contributed by atoms with Crippen LogP contribution in [0.3, 0.4) is 0 Å². The highest BCUT2D eigenvalue weighted by atomic mass is 19.1. The lowest BCUT2D eigenvalue weighted by molar-refractivity contribution is -0.139. The second-order valence-electron chi connectivity index (χ2n) is 6.11. The molecule has 0 saturated heterocycles. The highest BCUT2D eigenvalue weighted by Gasteiger charge is 2.25. The van der Waals surface area contributed by atoms with Gasteiger partial charge in [0.05, 0.1) is 0 Å². The summed E-state index contributed by atoms with van der Waals surface area (Å²) in [5.41, 5.74) is 1.39. The minimum absolute atomic E-state index is 0.177. The zero-order valence-electron chi connectivity index (χ0n) is 15.1. The van der Waals surface area contributed by atoms with E-state index in [1.807, 2.05) is 0 Å². The molecular weight excluding hydrogens is 353 g/mol. The van der Waals surface area contributed by atoms with E-state index in [9.17, 15) is 14.0 Å². The van der Waals surface area contributed by atoms with E-state index in [0.29, 0.717) is 5.56 Å². The highest BCUT2D eigenvalue weighted by molar-refractivity contribution is 5.89. The number of benzene rings is 1. The number of rotatable bonds is 5. The SMILES string of the molecule is Cc1ccnc2nc(C(=O)OC(C)C(=O)N(C)Cc3cccc(F)c3)nn12. The van der Waals surface area contributed by atoms with Crippen molar-refractivity contribution < 1.29 is 18.7 Å². The number of aromatic nitrogens is 4. The molecule has 27 heavy (non-hydrogen) atoms. The van der Waals surface area contributed by atoms with Crippen LogP contribution in [0, 0.1) is 12.7 Å². The lowest BCUT2D eigenvalue weighted by Gasteiger charge is -2.21. The molecule has 0 bridgehead atoms. The van der Waals surface area contributed by atoms with E-state index in [1.165, 1.54) is 28.5 Å². The number of carbonyl (C=O) groups is 2. The Hall–Kier alpha value is -3.36. The number of carbonyl (C=O) groups excluding carboxylic acids is 2. The van der Waals surface area contributed by atoms with Gasteiger partial charge in [0, 0.05) is 25.5 Å². The number of ether oxygens (including phenoxy) is 1. The van der Waals surface area contributed by atoms with Crippen LogP contribution in [-0.2, 0) is 16.1 Å². The fraction of sp³-hybridized carbons (Fsp3) is 0.278. The molecule has 1 unspecified atom stereocenters. The molecule has 2 heterocycles. The molecule has 0 fully saturated rings. The number of hydrogen-bond donors (Lipinski definition) is 0. The Kier molecular flexibility index (Phi) is 5.11. The molecule has 0 aliphatic rings. The first-order chi connectivity index (χ1) is 12.8. The van der Waals surface area contributed by atoms with Crippen molar-refractivity contribution >= 4 is 17.7 Å². The molecule has 3 aromatic rings. The second-order valence-corrected chi connectivity index (χ2v) is 6.11. The molecule has 0 N–H and O–H groups in total. The van der Waals surface area contributed by atoms with Gasteiger partial charge in [-0.05, 0) is 37.6 Å². The maximum atomic E-state index is 13.3. The van der Waals surface area contributed by atoms with Gasteiger partial charge in [-0.25, -0.2) is 18.7 Å². The van der Waals surface area contributed by atoms with E-state index in [0.717, 1.165) is 5.69 Å². The second kappa shape index (κ2) is 7.48. The van der Waals surface area contributed by atoms with Crippen molar-refractivity contribution in [1.82, 2.24) is 24.5 Å². The van der Waals surface area contributed by atoms with Crippen molar-refractivity contribution in [2.24, 2.45) is 0 Å². The molecule has 8 nitrogen and oxygen atoms in total. The van der Waals surface area contributed by atoms with E-state index >= 15 is 0 Å². The summed E-state index contributed by atoms with van der Waals surface area (Å²) in [5, 5.41) is 4.05. The van der Waals surface area contributed by atoms with Crippen LogP contribution in [0.4, 0.5) is 4.39 Å². The Morgan fingerprint density at radius 3 is 2.81 bits per heavy atom. The summed E-state index contributed by atoms with van der Waals surface area (Å²) in [6.07, 6.45) is 0.513. The van der Waals surface area contributed by atoms with Crippen molar-refractivity contribution in [3.63, 3.8) is 0 Å². The van der Waals surface area contributed by atoms with Crippen LogP contribution in [0.2, 0.25) is 0 Å². The number of likely N-dealkylation sites (N-methyl/N-ethyl adjacent to an activating group) is 1. The monoisotopic (exact) mass is 371 g/mol. The predicted molar refractivity (Wildman–Crippen MR) is 93.3 cm³/mol. The number of halogens is 1. The summed E-state index contributed by atoms with van der Waals surface area (Å²) < 4.78 is 19.9. The number of esters is 1. The third-order valence-corrected chi connectivity index (χ3v) is 3.93. The molecule has 140 valence electrons. The average Bonchev–Trinajstić information content (AvgIpc) is 3.07. The molecular formula is C18H18FN5O3. The van der Waals surface area contributed by atoms with E-state index in [2.05, 4.69) is 15.1 Å². The summed E-state index contributed by atoms with van der Waals surface area (Å²) in [4.78, 5) is 34.1. The first-order valence-electron chi connectivity index (χ1n) is 8.24. The van der Waals surface area contributed by atoms with Gasteiger partial charge in [0.2, 0.25) is 0 Å². The molecule has 3 rings (SSSR count). The topological polar surface area (TPSA) is 89.7 Å². The molecule has 0 saturated carbocycles. The van der Waals surface area contributed by atoms with Crippen molar-refractivity contribution in [2.45, 2.75) is 26.5 Å². The Balaban J connectivity index is 1.65. The summed E-state index contributed by atoms with van der Waals surface area (Å²) >= 11 is 0. The average molecular weight is 371 g/mol. The van der Waals surface area contributed by atoms with Gasteiger partial charge >= 0.3 is 5.97 Å². The maximum absolute atomic E-state index is 13.3. The van der Waals surface area contributed by atoms with Gasteiger partial charge in [0.1, 0.15) is 5.82 Å². The van der Waals surface area contributed by atoms with Gasteiger partial charge < -0.3 is 9.64 Å². The Morgan fingerprint density at radius 2 is 2.11 bits per heavy atom. The molecule has 9 heteroatoms. The Morgan fingerprint density at radius 1 is 1.33 bits per heavy atom. The van der Waals surface area contributed by atoms with Gasteiger partial charge in [0.15, 0.2) is 6.10 Å². The Labute approximate surface area is 154 Å². The minimum atomic E-state index is -1.04. The van der Waals surface area contributed by atoms with Gasteiger partial charge in [-0.2, -0.15) is 4.98 Å². The largest absolute Gasteiger partial charge is 0.447 e. The third-order valence-electron chi connectivity index (χ3n) is 3.93. The molecule has 1 amide bonds. The standard InChI is InChI=1S/C18H18FN5O3/c1-11-7-8-20-18-21-15(22-24(11)18)17(26)27-12(2)16(25)23(3)10-13-5-4-6-14(19)9-13/h4-9,12H,10H2,1-3H3. The third kappa shape index (κ3) is 4.08. The Bertz CT molecular complexity index is 1000. The molecule has 0 aliphatic heterocycles. The predicted octanol–water partition coefficient (Wildman–Crippen LogP) is 1.78. The van der Waals surface area contributed by atoms with Gasteiger partial charge in [-0.15, -0.1) is 5.10 Å². The number of hydrogen-bond acceptors (Lipinski definition) is 6. The normalized spacial score (nSPS) is 12.0. The van der Waals surface area contributed by atoms with Crippen LogP contribution in [0.25, 0.3) is 5.78 Å². The molecule has 0 spiro atoms. The smallest absolute Gasteiger partial charge is 0.379 e. The summed E-state index contributed by atoms with van der Waals surface area (Å²) in [5.74, 6) is -1.53. The number of fused-ring (bicyclic) bond motifs is 1. The zero-order valence-corrected chi connectivity index (χ0v) is 15.1. The van der Waals surface area contributed by atoms with E-state index in [4.69, 9.17) is 4.74 Å². The molecule has 1 atom stereocenters. The maximum Gasteiger partial charge on any atom is 0.379 e. The lowest BCUT2D eigenvalue weighted by atomic mass is 10.2. The van der Waals surface area contributed by atoms with E-state index < -0.39 is 18.0 Å². The summed E-state index contributed by atoms with van der Waals surface area (Å²) in [7, 11) is 1.55. The molecule has 0 aliphatic carbocycles. The van der Waals surface area contributed by atoms with E-state index in [-0.39, 0.29) is 24.0 Å². The summed E-state index contributed by atoms with van der Waals surface area (Å²) in [6.45, 7) is 3.45. The van der Waals surface area contributed by atoms with Crippen LogP contribution in [0.1, 0.15) is 28.8 Å². The lowest BCUT2D eigenvalue weighted by Crippen LogP contribution is -2.37.